The highest BCUT2D eigenvalue weighted by molar-refractivity contribution is 9.11. The van der Waals surface area contributed by atoms with Crippen LogP contribution >= 0.6 is 31.9 Å². The van der Waals surface area contributed by atoms with Gasteiger partial charge in [-0.3, -0.25) is 0 Å². The van der Waals surface area contributed by atoms with Crippen molar-refractivity contribution in [2.75, 3.05) is 13.2 Å². The Bertz CT molecular complexity index is 456. The van der Waals surface area contributed by atoms with E-state index in [-0.39, 0.29) is 0 Å². The number of hydrogen-bond donors (Lipinski definition) is 0. The molecular formula is C17H24Br2O2. The molecule has 1 aromatic carbocycles. The standard InChI is InChI=1S/C17H24Br2O2/c1-3-6-12(7-4-2)17(19)13-10-15-16(11-14(13)18)21-9-5-8-20-15/h10-12,17H,3-9H2,1-2H3. The van der Waals surface area contributed by atoms with Crippen molar-refractivity contribution in [3.05, 3.63) is 22.2 Å². The number of fused-ring (bicyclic) bond motifs is 1. The molecule has 0 N–H and O–H groups in total. The number of halogens is 2. The topological polar surface area (TPSA) is 18.5 Å². The molecule has 21 heavy (non-hydrogen) atoms. The summed E-state index contributed by atoms with van der Waals surface area (Å²) in [6.07, 6.45) is 5.85. The zero-order chi connectivity index (χ0) is 15.2. The molecule has 118 valence electrons. The van der Waals surface area contributed by atoms with E-state index in [0.717, 1.165) is 35.6 Å². The van der Waals surface area contributed by atoms with Crippen LogP contribution in [0.1, 0.15) is 56.3 Å². The molecule has 0 saturated heterocycles. The van der Waals surface area contributed by atoms with Gasteiger partial charge in [0.25, 0.3) is 0 Å². The summed E-state index contributed by atoms with van der Waals surface area (Å²) in [5, 5.41) is 0. The predicted molar refractivity (Wildman–Crippen MR) is 94.7 cm³/mol. The van der Waals surface area contributed by atoms with Gasteiger partial charge in [0.1, 0.15) is 0 Å². The van der Waals surface area contributed by atoms with Gasteiger partial charge in [0.05, 0.1) is 13.2 Å². The summed E-state index contributed by atoms with van der Waals surface area (Å²) in [6.45, 7) is 5.97. The number of alkyl halides is 1. The third-order valence-electron chi connectivity index (χ3n) is 3.90. The Hall–Kier alpha value is -0.220. The minimum Gasteiger partial charge on any atom is -0.490 e. The minimum absolute atomic E-state index is 0.351. The largest absolute Gasteiger partial charge is 0.490 e. The summed E-state index contributed by atoms with van der Waals surface area (Å²) in [5.41, 5.74) is 1.27. The molecule has 1 heterocycles. The fourth-order valence-electron chi connectivity index (χ4n) is 2.84. The zero-order valence-electron chi connectivity index (χ0n) is 12.8. The van der Waals surface area contributed by atoms with Crippen LogP contribution in [0, 0.1) is 5.92 Å². The van der Waals surface area contributed by atoms with Crippen LogP contribution in [0.5, 0.6) is 11.5 Å². The summed E-state index contributed by atoms with van der Waals surface area (Å²) in [7, 11) is 0. The molecule has 0 bridgehead atoms. The lowest BCUT2D eigenvalue weighted by Gasteiger charge is -2.24. The van der Waals surface area contributed by atoms with Crippen molar-refractivity contribution in [3.8, 4) is 11.5 Å². The molecule has 4 heteroatoms. The first kappa shape index (κ1) is 17.1. The highest BCUT2D eigenvalue weighted by Crippen LogP contribution is 2.44. The van der Waals surface area contributed by atoms with Crippen LogP contribution in [0.2, 0.25) is 0 Å². The Morgan fingerprint density at radius 2 is 1.62 bits per heavy atom. The maximum absolute atomic E-state index is 5.83. The SMILES string of the molecule is CCCC(CCC)C(Br)c1cc2c(cc1Br)OCCCO2. The first-order valence-electron chi connectivity index (χ1n) is 7.90. The molecule has 0 spiro atoms. The zero-order valence-corrected chi connectivity index (χ0v) is 16.0. The third-order valence-corrected chi connectivity index (χ3v) is 5.82. The van der Waals surface area contributed by atoms with Gasteiger partial charge in [-0.15, -0.1) is 0 Å². The number of ether oxygens (including phenoxy) is 2. The Balaban J connectivity index is 2.27. The first-order chi connectivity index (χ1) is 10.2. The van der Waals surface area contributed by atoms with Gasteiger partial charge < -0.3 is 9.47 Å². The van der Waals surface area contributed by atoms with Gasteiger partial charge in [0.15, 0.2) is 11.5 Å². The van der Waals surface area contributed by atoms with Crippen molar-refractivity contribution >= 4 is 31.9 Å². The van der Waals surface area contributed by atoms with Crippen LogP contribution in [0.25, 0.3) is 0 Å². The van der Waals surface area contributed by atoms with Crippen molar-refractivity contribution in [3.63, 3.8) is 0 Å². The predicted octanol–water partition coefficient (Wildman–Crippen LogP) is 6.26. The molecule has 2 nitrogen and oxygen atoms in total. The van der Waals surface area contributed by atoms with Gasteiger partial charge >= 0.3 is 0 Å². The molecule has 1 unspecified atom stereocenters. The van der Waals surface area contributed by atoms with Crippen LogP contribution in [-0.4, -0.2) is 13.2 Å². The first-order valence-corrected chi connectivity index (χ1v) is 9.61. The van der Waals surface area contributed by atoms with Gasteiger partial charge in [0, 0.05) is 15.7 Å². The third kappa shape index (κ3) is 4.38. The second kappa shape index (κ2) is 8.42. The Kier molecular flexibility index (Phi) is 6.87. The molecule has 0 amide bonds. The smallest absolute Gasteiger partial charge is 0.162 e. The van der Waals surface area contributed by atoms with Crippen LogP contribution < -0.4 is 9.47 Å². The van der Waals surface area contributed by atoms with Crippen molar-refractivity contribution in [2.24, 2.45) is 5.92 Å². The second-order valence-electron chi connectivity index (χ2n) is 5.61. The van der Waals surface area contributed by atoms with Crippen molar-refractivity contribution in [1.82, 2.24) is 0 Å². The maximum Gasteiger partial charge on any atom is 0.162 e. The number of rotatable bonds is 6. The molecule has 0 aromatic heterocycles. The highest BCUT2D eigenvalue weighted by atomic mass is 79.9. The molecule has 1 aliphatic rings. The number of hydrogen-bond acceptors (Lipinski definition) is 2. The van der Waals surface area contributed by atoms with Crippen molar-refractivity contribution in [1.29, 1.82) is 0 Å². The lowest BCUT2D eigenvalue weighted by atomic mass is 9.91. The molecule has 0 saturated carbocycles. The second-order valence-corrected chi connectivity index (χ2v) is 7.45. The molecule has 1 aliphatic heterocycles. The molecular weight excluding hydrogens is 396 g/mol. The summed E-state index contributed by atoms with van der Waals surface area (Å²) in [6, 6.07) is 4.20. The Labute approximate surface area is 144 Å². The molecule has 0 fully saturated rings. The Morgan fingerprint density at radius 1 is 1.05 bits per heavy atom. The molecule has 1 aromatic rings. The fourth-order valence-corrected chi connectivity index (χ4v) is 4.63. The fraction of sp³-hybridized carbons (Fsp3) is 0.647. The van der Waals surface area contributed by atoms with E-state index in [9.17, 15) is 0 Å². The van der Waals surface area contributed by atoms with E-state index in [0.29, 0.717) is 10.7 Å². The molecule has 0 radical (unpaired) electrons. The molecule has 2 rings (SSSR count). The summed E-state index contributed by atoms with van der Waals surface area (Å²) in [4.78, 5) is 0.351. The van der Waals surface area contributed by atoms with Gasteiger partial charge in [-0.2, -0.15) is 0 Å². The lowest BCUT2D eigenvalue weighted by molar-refractivity contribution is 0.297. The van der Waals surface area contributed by atoms with E-state index in [4.69, 9.17) is 9.47 Å². The van der Waals surface area contributed by atoms with E-state index >= 15 is 0 Å². The van der Waals surface area contributed by atoms with Crippen LogP contribution in [-0.2, 0) is 0 Å². The van der Waals surface area contributed by atoms with Crippen LogP contribution in [0.3, 0.4) is 0 Å². The van der Waals surface area contributed by atoms with E-state index in [2.05, 4.69) is 57.8 Å². The van der Waals surface area contributed by atoms with Gasteiger partial charge in [0.2, 0.25) is 0 Å². The van der Waals surface area contributed by atoms with Crippen LogP contribution in [0.15, 0.2) is 16.6 Å². The van der Waals surface area contributed by atoms with E-state index in [1.54, 1.807) is 0 Å². The highest BCUT2D eigenvalue weighted by Gasteiger charge is 2.24. The minimum atomic E-state index is 0.351. The van der Waals surface area contributed by atoms with Gasteiger partial charge in [-0.05, 0) is 36.5 Å². The summed E-state index contributed by atoms with van der Waals surface area (Å²) < 4.78 is 12.7. The maximum atomic E-state index is 5.83. The quantitative estimate of drug-likeness (QED) is 0.506. The monoisotopic (exact) mass is 418 g/mol. The normalized spacial score (nSPS) is 15.9. The molecule has 0 aliphatic carbocycles. The Morgan fingerprint density at radius 3 is 2.19 bits per heavy atom. The van der Waals surface area contributed by atoms with E-state index in [1.165, 1.54) is 31.2 Å². The van der Waals surface area contributed by atoms with E-state index < -0.39 is 0 Å². The van der Waals surface area contributed by atoms with Crippen molar-refractivity contribution in [2.45, 2.75) is 50.8 Å². The summed E-state index contributed by atoms with van der Waals surface area (Å²) >= 11 is 7.63. The summed E-state index contributed by atoms with van der Waals surface area (Å²) in [5.74, 6) is 2.38. The van der Waals surface area contributed by atoms with Gasteiger partial charge in [-0.25, -0.2) is 0 Å². The average Bonchev–Trinajstić information content (AvgIpc) is 2.70. The number of benzene rings is 1. The van der Waals surface area contributed by atoms with Gasteiger partial charge in [-0.1, -0.05) is 58.5 Å². The van der Waals surface area contributed by atoms with Crippen molar-refractivity contribution < 1.29 is 9.47 Å². The average molecular weight is 420 g/mol. The van der Waals surface area contributed by atoms with E-state index in [1.807, 2.05) is 0 Å². The molecule has 1 atom stereocenters. The van der Waals surface area contributed by atoms with Crippen LogP contribution in [0.4, 0.5) is 0 Å². The lowest BCUT2D eigenvalue weighted by Crippen LogP contribution is -2.09.